The van der Waals surface area contributed by atoms with Crippen LogP contribution in [0.25, 0.3) is 0 Å². The molecule has 0 bridgehead atoms. The number of hydrogen-bond donors (Lipinski definition) is 1. The maximum atomic E-state index is 12.8. The van der Waals surface area contributed by atoms with Gasteiger partial charge in [-0.2, -0.15) is 4.31 Å². The predicted octanol–water partition coefficient (Wildman–Crippen LogP) is 2.64. The molecule has 1 aliphatic heterocycles. The van der Waals surface area contributed by atoms with Crippen molar-refractivity contribution in [2.45, 2.75) is 38.6 Å². The van der Waals surface area contributed by atoms with Crippen LogP contribution in [0.3, 0.4) is 0 Å². The molecule has 112 valence electrons. The van der Waals surface area contributed by atoms with Crippen LogP contribution in [-0.4, -0.2) is 25.8 Å². The Bertz CT molecular complexity index is 626. The smallest absolute Gasteiger partial charge is 0.244 e. The van der Waals surface area contributed by atoms with E-state index in [0.29, 0.717) is 29.0 Å². The molecule has 6 heteroatoms. The Labute approximate surface area is 129 Å². The Morgan fingerprint density at radius 3 is 2.55 bits per heavy atom. The minimum absolute atomic E-state index is 0.0417. The van der Waals surface area contributed by atoms with E-state index in [-0.39, 0.29) is 5.41 Å². The lowest BCUT2D eigenvalue weighted by molar-refractivity contribution is 0.375. The molecule has 1 aromatic carbocycles. The van der Waals surface area contributed by atoms with E-state index in [2.05, 4.69) is 29.8 Å². The van der Waals surface area contributed by atoms with Gasteiger partial charge in [-0.3, -0.25) is 0 Å². The fraction of sp³-hybridized carbons (Fsp3) is 0.571. The van der Waals surface area contributed by atoms with E-state index in [1.165, 1.54) is 0 Å². The molecule has 0 radical (unpaired) electrons. The Morgan fingerprint density at radius 1 is 1.40 bits per heavy atom. The number of sulfonamides is 1. The molecule has 0 atom stereocenters. The Hall–Kier alpha value is -0.430. The molecule has 1 fully saturated rings. The van der Waals surface area contributed by atoms with Gasteiger partial charge in [0.05, 0.1) is 4.90 Å². The number of benzene rings is 1. The van der Waals surface area contributed by atoms with Crippen LogP contribution >= 0.6 is 15.9 Å². The first kappa shape index (κ1) is 15.9. The van der Waals surface area contributed by atoms with Crippen molar-refractivity contribution in [1.82, 2.24) is 4.31 Å². The van der Waals surface area contributed by atoms with Crippen LogP contribution in [0.1, 0.15) is 31.4 Å². The summed E-state index contributed by atoms with van der Waals surface area (Å²) in [5.74, 6) is 0. The summed E-state index contributed by atoms with van der Waals surface area (Å²) in [5, 5.41) is 0. The molecular weight excluding hydrogens is 340 g/mol. The first-order chi connectivity index (χ1) is 9.17. The van der Waals surface area contributed by atoms with Gasteiger partial charge in [-0.1, -0.05) is 19.9 Å². The van der Waals surface area contributed by atoms with E-state index in [0.717, 1.165) is 17.5 Å². The molecule has 1 heterocycles. The third kappa shape index (κ3) is 2.93. The van der Waals surface area contributed by atoms with Gasteiger partial charge in [0.15, 0.2) is 0 Å². The summed E-state index contributed by atoms with van der Waals surface area (Å²) in [6.07, 6.45) is 0.888. The largest absolute Gasteiger partial charge is 0.326 e. The minimum Gasteiger partial charge on any atom is -0.326 e. The first-order valence-corrected chi connectivity index (χ1v) is 8.90. The summed E-state index contributed by atoms with van der Waals surface area (Å²) < 4.78 is 27.9. The van der Waals surface area contributed by atoms with Crippen LogP contribution in [-0.2, 0) is 16.6 Å². The number of nitrogens with zero attached hydrogens (tertiary/aromatic N) is 1. The van der Waals surface area contributed by atoms with Crippen LogP contribution in [0.4, 0.5) is 0 Å². The van der Waals surface area contributed by atoms with E-state index in [9.17, 15) is 8.42 Å². The van der Waals surface area contributed by atoms with Gasteiger partial charge >= 0.3 is 0 Å². The third-order valence-corrected chi connectivity index (χ3v) is 6.96. The van der Waals surface area contributed by atoms with E-state index in [1.807, 2.05) is 13.0 Å². The van der Waals surface area contributed by atoms with Crippen LogP contribution < -0.4 is 5.73 Å². The quantitative estimate of drug-likeness (QED) is 0.900. The van der Waals surface area contributed by atoms with E-state index in [4.69, 9.17) is 5.73 Å². The van der Waals surface area contributed by atoms with Crippen molar-refractivity contribution in [3.63, 3.8) is 0 Å². The zero-order chi connectivity index (χ0) is 15.1. The second-order valence-electron chi connectivity index (χ2n) is 6.18. The molecule has 1 saturated heterocycles. The lowest BCUT2D eigenvalue weighted by Crippen LogP contribution is -2.30. The fourth-order valence-corrected chi connectivity index (χ4v) is 5.18. The Balaban J connectivity index is 2.47. The van der Waals surface area contributed by atoms with Gasteiger partial charge in [-0.25, -0.2) is 8.42 Å². The van der Waals surface area contributed by atoms with Gasteiger partial charge in [0.1, 0.15) is 0 Å². The molecule has 4 nitrogen and oxygen atoms in total. The van der Waals surface area contributed by atoms with Gasteiger partial charge in [-0.05, 0) is 51.9 Å². The number of aryl methyl sites for hydroxylation is 1. The van der Waals surface area contributed by atoms with Gasteiger partial charge in [0, 0.05) is 24.1 Å². The van der Waals surface area contributed by atoms with E-state index < -0.39 is 10.0 Å². The van der Waals surface area contributed by atoms with Crippen LogP contribution in [0.5, 0.6) is 0 Å². The average molecular weight is 361 g/mol. The maximum absolute atomic E-state index is 12.8. The van der Waals surface area contributed by atoms with Gasteiger partial charge in [-0.15, -0.1) is 0 Å². The van der Waals surface area contributed by atoms with Crippen LogP contribution in [0.15, 0.2) is 21.5 Å². The Kier molecular flexibility index (Phi) is 4.31. The summed E-state index contributed by atoms with van der Waals surface area (Å²) in [4.78, 5) is 0.329. The summed E-state index contributed by atoms with van der Waals surface area (Å²) >= 11 is 3.41. The molecule has 0 unspecified atom stereocenters. The molecule has 1 aromatic rings. The standard InChI is InChI=1S/C14H21BrN2O2S/c1-10-6-11(8-16)7-12(13(10)15)20(18,19)17-5-4-14(2,3)9-17/h6-7H,4-5,8-9,16H2,1-3H3. The second kappa shape index (κ2) is 5.40. The monoisotopic (exact) mass is 360 g/mol. The second-order valence-corrected chi connectivity index (χ2v) is 8.88. The average Bonchev–Trinajstić information content (AvgIpc) is 2.73. The number of rotatable bonds is 3. The summed E-state index contributed by atoms with van der Waals surface area (Å²) in [6, 6.07) is 3.59. The highest BCUT2D eigenvalue weighted by Gasteiger charge is 2.37. The van der Waals surface area contributed by atoms with Gasteiger partial charge in [0.2, 0.25) is 10.0 Å². The summed E-state index contributed by atoms with van der Waals surface area (Å²) in [5.41, 5.74) is 7.42. The summed E-state index contributed by atoms with van der Waals surface area (Å²) in [7, 11) is -3.46. The number of halogens is 1. The van der Waals surface area contributed by atoms with Gasteiger partial charge < -0.3 is 5.73 Å². The lowest BCUT2D eigenvalue weighted by Gasteiger charge is -2.21. The molecule has 0 aromatic heterocycles. The molecule has 2 rings (SSSR count). The lowest BCUT2D eigenvalue weighted by atomic mass is 9.93. The molecule has 0 amide bonds. The predicted molar refractivity (Wildman–Crippen MR) is 83.9 cm³/mol. The summed E-state index contributed by atoms with van der Waals surface area (Å²) in [6.45, 7) is 7.55. The van der Waals surface area contributed by atoms with Crippen molar-refractivity contribution in [3.05, 3.63) is 27.7 Å². The van der Waals surface area contributed by atoms with E-state index in [1.54, 1.807) is 10.4 Å². The van der Waals surface area contributed by atoms with Gasteiger partial charge in [0.25, 0.3) is 0 Å². The van der Waals surface area contributed by atoms with Crippen molar-refractivity contribution in [2.75, 3.05) is 13.1 Å². The van der Waals surface area contributed by atoms with Crippen LogP contribution in [0.2, 0.25) is 0 Å². The highest BCUT2D eigenvalue weighted by molar-refractivity contribution is 9.10. The van der Waals surface area contributed by atoms with Crippen molar-refractivity contribution < 1.29 is 8.42 Å². The first-order valence-electron chi connectivity index (χ1n) is 6.67. The van der Waals surface area contributed by atoms with Crippen LogP contribution in [0, 0.1) is 12.3 Å². The third-order valence-electron chi connectivity index (χ3n) is 3.78. The molecule has 0 spiro atoms. The highest BCUT2D eigenvalue weighted by atomic mass is 79.9. The fourth-order valence-electron chi connectivity index (χ4n) is 2.52. The molecule has 2 N–H and O–H groups in total. The van der Waals surface area contributed by atoms with Crippen molar-refractivity contribution >= 4 is 26.0 Å². The topological polar surface area (TPSA) is 63.4 Å². The van der Waals surface area contributed by atoms with E-state index >= 15 is 0 Å². The number of hydrogen-bond acceptors (Lipinski definition) is 3. The Morgan fingerprint density at radius 2 is 2.05 bits per heavy atom. The van der Waals surface area contributed by atoms with Crippen molar-refractivity contribution in [2.24, 2.45) is 11.1 Å². The molecule has 20 heavy (non-hydrogen) atoms. The molecular formula is C14H21BrN2O2S. The highest BCUT2D eigenvalue weighted by Crippen LogP contribution is 2.36. The zero-order valence-corrected chi connectivity index (χ0v) is 14.5. The van der Waals surface area contributed by atoms with Crippen molar-refractivity contribution in [1.29, 1.82) is 0 Å². The SMILES string of the molecule is Cc1cc(CN)cc(S(=O)(=O)N2CCC(C)(C)C2)c1Br. The molecule has 1 aliphatic rings. The number of nitrogens with two attached hydrogens (primary N) is 1. The van der Waals surface area contributed by atoms with Crippen molar-refractivity contribution in [3.8, 4) is 0 Å². The minimum atomic E-state index is -3.46. The zero-order valence-electron chi connectivity index (χ0n) is 12.1. The molecule has 0 aliphatic carbocycles. The molecule has 0 saturated carbocycles. The maximum Gasteiger partial charge on any atom is 0.244 e. The normalized spacial score (nSPS) is 19.4.